The van der Waals surface area contributed by atoms with Gasteiger partial charge in [-0.3, -0.25) is 4.98 Å². The van der Waals surface area contributed by atoms with Crippen LogP contribution in [-0.2, 0) is 0 Å². The number of benzene rings is 1. The van der Waals surface area contributed by atoms with Crippen molar-refractivity contribution in [3.8, 4) is 0 Å². The molecule has 0 saturated carbocycles. The van der Waals surface area contributed by atoms with Crippen molar-refractivity contribution in [3.05, 3.63) is 66.0 Å². The zero-order chi connectivity index (χ0) is 13.0. The molecule has 0 fully saturated rings. The van der Waals surface area contributed by atoms with Crippen LogP contribution in [0.5, 0.6) is 0 Å². The Kier molecular flexibility index (Phi) is 3.78. The van der Waals surface area contributed by atoms with E-state index >= 15 is 0 Å². The summed E-state index contributed by atoms with van der Waals surface area (Å²) in [7, 11) is 0. The lowest BCUT2D eigenvalue weighted by molar-refractivity contribution is 0.445. The topological polar surface area (TPSA) is 38.9 Å². The van der Waals surface area contributed by atoms with E-state index in [2.05, 4.69) is 49.2 Å². The smallest absolute Gasteiger partial charge is 0.0479 e. The lowest BCUT2D eigenvalue weighted by Gasteiger charge is -2.26. The predicted molar refractivity (Wildman–Crippen MR) is 75.4 cm³/mol. The second-order valence-corrected chi connectivity index (χ2v) is 5.41. The molecule has 2 N–H and O–H groups in total. The number of aromatic nitrogens is 1. The summed E-state index contributed by atoms with van der Waals surface area (Å²) >= 11 is 0. The number of rotatable bonds is 4. The molecule has 2 nitrogen and oxygen atoms in total. The zero-order valence-corrected chi connectivity index (χ0v) is 11.0. The quantitative estimate of drug-likeness (QED) is 0.890. The SMILES string of the molecule is CC(C)(N)CC(c1ccccc1)c1ccccn1. The third-order valence-corrected chi connectivity index (χ3v) is 2.98. The maximum atomic E-state index is 6.18. The van der Waals surface area contributed by atoms with E-state index in [1.165, 1.54) is 5.56 Å². The van der Waals surface area contributed by atoms with Crippen LogP contribution in [-0.4, -0.2) is 10.5 Å². The van der Waals surface area contributed by atoms with Gasteiger partial charge in [0.15, 0.2) is 0 Å². The normalized spacial score (nSPS) is 13.3. The van der Waals surface area contributed by atoms with Crippen LogP contribution in [0.1, 0.15) is 37.4 Å². The molecule has 2 aromatic rings. The number of nitrogens with two attached hydrogens (primary N) is 1. The molecule has 1 atom stereocenters. The van der Waals surface area contributed by atoms with Gasteiger partial charge in [-0.05, 0) is 38.0 Å². The minimum absolute atomic E-state index is 0.210. The first-order valence-corrected chi connectivity index (χ1v) is 6.31. The van der Waals surface area contributed by atoms with Crippen LogP contribution < -0.4 is 5.73 Å². The third-order valence-electron chi connectivity index (χ3n) is 2.98. The highest BCUT2D eigenvalue weighted by Gasteiger charge is 2.22. The first-order valence-electron chi connectivity index (χ1n) is 6.31. The van der Waals surface area contributed by atoms with Gasteiger partial charge in [0.25, 0.3) is 0 Å². The summed E-state index contributed by atoms with van der Waals surface area (Å²) in [5.41, 5.74) is 8.33. The van der Waals surface area contributed by atoms with E-state index < -0.39 is 0 Å². The monoisotopic (exact) mass is 240 g/mol. The van der Waals surface area contributed by atoms with E-state index in [-0.39, 0.29) is 11.5 Å². The Morgan fingerprint density at radius 3 is 2.28 bits per heavy atom. The third kappa shape index (κ3) is 3.41. The molecule has 0 aliphatic heterocycles. The fraction of sp³-hybridized carbons (Fsp3) is 0.312. The molecule has 94 valence electrons. The fourth-order valence-corrected chi connectivity index (χ4v) is 2.19. The van der Waals surface area contributed by atoms with Gasteiger partial charge in [-0.15, -0.1) is 0 Å². The Bertz CT molecular complexity index is 432. The van der Waals surface area contributed by atoms with Gasteiger partial charge in [0.1, 0.15) is 0 Å². The highest BCUT2D eigenvalue weighted by molar-refractivity contribution is 5.28. The Labute approximate surface area is 109 Å². The highest BCUT2D eigenvalue weighted by Crippen LogP contribution is 2.30. The number of hydrogen-bond donors (Lipinski definition) is 1. The largest absolute Gasteiger partial charge is 0.326 e. The molecular formula is C16H20N2. The van der Waals surface area contributed by atoms with Crippen LogP contribution in [0, 0.1) is 0 Å². The maximum absolute atomic E-state index is 6.18. The predicted octanol–water partition coefficient (Wildman–Crippen LogP) is 3.34. The molecular weight excluding hydrogens is 220 g/mol. The van der Waals surface area contributed by atoms with Crippen molar-refractivity contribution in [2.24, 2.45) is 5.73 Å². The van der Waals surface area contributed by atoms with Gasteiger partial charge in [-0.2, -0.15) is 0 Å². The van der Waals surface area contributed by atoms with Gasteiger partial charge in [-0.1, -0.05) is 36.4 Å². The number of nitrogens with zero attached hydrogens (tertiary/aromatic N) is 1. The van der Waals surface area contributed by atoms with Gasteiger partial charge in [0.2, 0.25) is 0 Å². The van der Waals surface area contributed by atoms with Gasteiger partial charge < -0.3 is 5.73 Å². The van der Waals surface area contributed by atoms with Crippen molar-refractivity contribution in [3.63, 3.8) is 0 Å². The van der Waals surface area contributed by atoms with Crippen molar-refractivity contribution in [1.82, 2.24) is 4.98 Å². The van der Waals surface area contributed by atoms with E-state index in [1.807, 2.05) is 24.4 Å². The molecule has 1 aromatic carbocycles. The Morgan fingerprint density at radius 2 is 1.72 bits per heavy atom. The van der Waals surface area contributed by atoms with Crippen LogP contribution in [0.3, 0.4) is 0 Å². The van der Waals surface area contributed by atoms with Gasteiger partial charge in [0.05, 0.1) is 0 Å². The lowest BCUT2D eigenvalue weighted by atomic mass is 9.84. The van der Waals surface area contributed by atoms with Crippen molar-refractivity contribution >= 4 is 0 Å². The number of hydrogen-bond acceptors (Lipinski definition) is 2. The average Bonchev–Trinajstić information content (AvgIpc) is 2.37. The fourth-order valence-electron chi connectivity index (χ4n) is 2.19. The lowest BCUT2D eigenvalue weighted by Crippen LogP contribution is -2.34. The summed E-state index contributed by atoms with van der Waals surface area (Å²) in [6.45, 7) is 4.12. The molecule has 1 aromatic heterocycles. The summed E-state index contributed by atoms with van der Waals surface area (Å²) in [6, 6.07) is 16.5. The Morgan fingerprint density at radius 1 is 1.06 bits per heavy atom. The minimum atomic E-state index is -0.210. The molecule has 1 heterocycles. The van der Waals surface area contributed by atoms with Crippen molar-refractivity contribution in [2.75, 3.05) is 0 Å². The number of pyridine rings is 1. The molecule has 0 saturated heterocycles. The van der Waals surface area contributed by atoms with Crippen molar-refractivity contribution < 1.29 is 0 Å². The van der Waals surface area contributed by atoms with Crippen LogP contribution in [0.15, 0.2) is 54.7 Å². The molecule has 1 unspecified atom stereocenters. The van der Waals surface area contributed by atoms with Gasteiger partial charge in [-0.25, -0.2) is 0 Å². The first kappa shape index (κ1) is 12.8. The van der Waals surface area contributed by atoms with Gasteiger partial charge >= 0.3 is 0 Å². The first-order chi connectivity index (χ1) is 8.56. The molecule has 2 heteroatoms. The molecule has 0 amide bonds. The second kappa shape index (κ2) is 5.32. The molecule has 0 aliphatic rings. The van der Waals surface area contributed by atoms with Gasteiger partial charge in [0, 0.05) is 23.3 Å². The van der Waals surface area contributed by atoms with E-state index in [0.29, 0.717) is 0 Å². The molecule has 0 spiro atoms. The van der Waals surface area contributed by atoms with Crippen LogP contribution in [0.2, 0.25) is 0 Å². The molecule has 18 heavy (non-hydrogen) atoms. The summed E-state index contributed by atoms with van der Waals surface area (Å²) in [5.74, 6) is 0.257. The molecule has 2 rings (SSSR count). The Hall–Kier alpha value is -1.67. The molecule has 0 bridgehead atoms. The second-order valence-electron chi connectivity index (χ2n) is 5.41. The maximum Gasteiger partial charge on any atom is 0.0479 e. The van der Waals surface area contributed by atoms with Crippen LogP contribution in [0.4, 0.5) is 0 Å². The Balaban J connectivity index is 2.36. The standard InChI is InChI=1S/C16H20N2/c1-16(2,17)12-14(13-8-4-3-5-9-13)15-10-6-7-11-18-15/h3-11,14H,12,17H2,1-2H3. The minimum Gasteiger partial charge on any atom is -0.326 e. The summed E-state index contributed by atoms with van der Waals surface area (Å²) in [6.07, 6.45) is 2.73. The summed E-state index contributed by atoms with van der Waals surface area (Å²) in [4.78, 5) is 4.48. The van der Waals surface area contributed by atoms with E-state index in [0.717, 1.165) is 12.1 Å². The highest BCUT2D eigenvalue weighted by atomic mass is 14.7. The average molecular weight is 240 g/mol. The van der Waals surface area contributed by atoms with Crippen LogP contribution in [0.25, 0.3) is 0 Å². The van der Waals surface area contributed by atoms with E-state index in [9.17, 15) is 0 Å². The summed E-state index contributed by atoms with van der Waals surface area (Å²) in [5, 5.41) is 0. The van der Waals surface area contributed by atoms with E-state index in [4.69, 9.17) is 5.73 Å². The molecule has 0 aliphatic carbocycles. The van der Waals surface area contributed by atoms with E-state index in [1.54, 1.807) is 0 Å². The van der Waals surface area contributed by atoms with Crippen molar-refractivity contribution in [2.45, 2.75) is 31.7 Å². The zero-order valence-electron chi connectivity index (χ0n) is 11.0. The van der Waals surface area contributed by atoms with Crippen molar-refractivity contribution in [1.29, 1.82) is 0 Å². The molecule has 0 radical (unpaired) electrons. The van der Waals surface area contributed by atoms with Crippen LogP contribution >= 0.6 is 0 Å². The summed E-state index contributed by atoms with van der Waals surface area (Å²) < 4.78 is 0.